The summed E-state index contributed by atoms with van der Waals surface area (Å²) < 4.78 is 10.1. The minimum atomic E-state index is -0.586. The van der Waals surface area contributed by atoms with Crippen LogP contribution in [0.5, 0.6) is 0 Å². The molecule has 0 saturated heterocycles. The zero-order valence-corrected chi connectivity index (χ0v) is 15.3. The first-order valence-corrected chi connectivity index (χ1v) is 8.28. The molecule has 25 heavy (non-hydrogen) atoms. The third-order valence-electron chi connectivity index (χ3n) is 3.87. The Hall–Kier alpha value is -2.44. The maximum atomic E-state index is 12.2. The highest BCUT2D eigenvalue weighted by Gasteiger charge is 2.31. The fraction of sp³-hybridized carbons (Fsp3) is 0.556. The number of fused-ring (bicyclic) bond motifs is 1. The molecule has 7 nitrogen and oxygen atoms in total. The number of esters is 1. The van der Waals surface area contributed by atoms with Crippen molar-refractivity contribution in [2.45, 2.75) is 52.2 Å². The van der Waals surface area contributed by atoms with E-state index >= 15 is 0 Å². The van der Waals surface area contributed by atoms with Crippen LogP contribution in [0.4, 0.5) is 4.79 Å². The Balaban J connectivity index is 2.31. The van der Waals surface area contributed by atoms with E-state index in [0.717, 1.165) is 5.57 Å². The molecule has 2 rings (SSSR count). The summed E-state index contributed by atoms with van der Waals surface area (Å²) >= 11 is 0. The molecule has 0 aromatic carbocycles. The van der Waals surface area contributed by atoms with Gasteiger partial charge in [0.25, 0.3) is 0 Å². The highest BCUT2D eigenvalue weighted by atomic mass is 16.6. The van der Waals surface area contributed by atoms with E-state index in [1.165, 1.54) is 7.11 Å². The highest BCUT2D eigenvalue weighted by Crippen LogP contribution is 2.34. The number of nitrogens with zero attached hydrogens (tertiary/aromatic N) is 2. The van der Waals surface area contributed by atoms with Crippen LogP contribution in [0.15, 0.2) is 18.5 Å². The van der Waals surface area contributed by atoms with Crippen LogP contribution in [0.25, 0.3) is 5.57 Å². The van der Waals surface area contributed by atoms with Gasteiger partial charge in [-0.2, -0.15) is 0 Å². The van der Waals surface area contributed by atoms with Crippen molar-refractivity contribution in [1.29, 1.82) is 0 Å². The van der Waals surface area contributed by atoms with E-state index in [-0.39, 0.29) is 24.3 Å². The number of alkyl carbamates (subject to hydrolysis) is 1. The number of nitrogens with one attached hydrogen (secondary N) is 1. The van der Waals surface area contributed by atoms with Crippen LogP contribution in [0.3, 0.4) is 0 Å². The van der Waals surface area contributed by atoms with E-state index in [9.17, 15) is 9.59 Å². The quantitative estimate of drug-likeness (QED) is 0.845. The molecule has 1 aromatic heterocycles. The van der Waals surface area contributed by atoms with Gasteiger partial charge in [0, 0.05) is 12.4 Å². The Morgan fingerprint density at radius 1 is 1.28 bits per heavy atom. The molecule has 1 N–H and O–H groups in total. The molecule has 1 heterocycles. The third kappa shape index (κ3) is 5.01. The average molecular weight is 347 g/mol. The summed E-state index contributed by atoms with van der Waals surface area (Å²) in [4.78, 5) is 32.7. The lowest BCUT2D eigenvalue weighted by atomic mass is 9.96. The summed E-state index contributed by atoms with van der Waals surface area (Å²) in [6.45, 7) is 7.45. The fourth-order valence-corrected chi connectivity index (χ4v) is 2.68. The van der Waals surface area contributed by atoms with E-state index in [1.54, 1.807) is 12.4 Å². The monoisotopic (exact) mass is 347 g/mol. The summed E-state index contributed by atoms with van der Waals surface area (Å²) in [5.41, 5.74) is 1.42. The number of hydrogen-bond acceptors (Lipinski definition) is 6. The SMILES string of the molecule is COC(=O)CC1=CC[C@@H](C)[C@H](NC(=O)OC(C)(C)C)c2nccnc21. The Kier molecular flexibility index (Phi) is 5.77. The molecule has 0 aliphatic heterocycles. The maximum absolute atomic E-state index is 12.2. The fourth-order valence-electron chi connectivity index (χ4n) is 2.68. The molecular formula is C18H25N3O4. The van der Waals surface area contributed by atoms with E-state index in [2.05, 4.69) is 15.3 Å². The van der Waals surface area contributed by atoms with Gasteiger partial charge in [-0.1, -0.05) is 13.0 Å². The number of carbonyl (C=O) groups is 2. The standard InChI is InChI=1S/C18H25N3O4/c1-11-6-7-12(10-13(22)24-5)15-16(20-9-8-19-15)14(11)21-17(23)25-18(2,3)4/h7-9,11,14H,6,10H2,1-5H3,(H,21,23)/t11-,14+/m1/s1. The molecule has 0 fully saturated rings. The van der Waals surface area contributed by atoms with Crippen LogP contribution >= 0.6 is 0 Å². The van der Waals surface area contributed by atoms with Crippen molar-refractivity contribution in [1.82, 2.24) is 15.3 Å². The zero-order valence-electron chi connectivity index (χ0n) is 15.3. The van der Waals surface area contributed by atoms with Crippen LogP contribution in [0.2, 0.25) is 0 Å². The Morgan fingerprint density at radius 3 is 2.60 bits per heavy atom. The lowest BCUT2D eigenvalue weighted by Gasteiger charge is -2.26. The Bertz CT molecular complexity index is 679. The lowest BCUT2D eigenvalue weighted by molar-refractivity contribution is -0.139. The highest BCUT2D eigenvalue weighted by molar-refractivity contribution is 5.85. The number of rotatable bonds is 3. The molecule has 0 radical (unpaired) electrons. The van der Waals surface area contributed by atoms with Crippen molar-refractivity contribution in [3.8, 4) is 0 Å². The molecular weight excluding hydrogens is 322 g/mol. The summed E-state index contributed by atoms with van der Waals surface area (Å²) in [5.74, 6) is -0.271. The number of carbonyl (C=O) groups excluding carboxylic acids is 2. The predicted molar refractivity (Wildman–Crippen MR) is 92.5 cm³/mol. The predicted octanol–water partition coefficient (Wildman–Crippen LogP) is 3.03. The molecule has 1 aliphatic carbocycles. The Labute approximate surface area is 147 Å². The Morgan fingerprint density at radius 2 is 1.96 bits per heavy atom. The van der Waals surface area contributed by atoms with Crippen molar-refractivity contribution in [2.75, 3.05) is 7.11 Å². The number of amides is 1. The molecule has 7 heteroatoms. The summed E-state index contributed by atoms with van der Waals surface area (Å²) in [5, 5.41) is 2.90. The number of methoxy groups -OCH3 is 1. The van der Waals surface area contributed by atoms with Crippen molar-refractivity contribution in [3.63, 3.8) is 0 Å². The van der Waals surface area contributed by atoms with Crippen molar-refractivity contribution in [2.24, 2.45) is 5.92 Å². The minimum Gasteiger partial charge on any atom is -0.469 e. The average Bonchev–Trinajstić information content (AvgIpc) is 2.65. The van der Waals surface area contributed by atoms with Crippen molar-refractivity contribution < 1.29 is 19.1 Å². The van der Waals surface area contributed by atoms with E-state index in [1.807, 2.05) is 33.8 Å². The number of aromatic nitrogens is 2. The lowest BCUT2D eigenvalue weighted by Crippen LogP contribution is -2.37. The molecule has 2 atom stereocenters. The van der Waals surface area contributed by atoms with Gasteiger partial charge in [0.15, 0.2) is 0 Å². The van der Waals surface area contributed by atoms with Crippen LogP contribution in [-0.4, -0.2) is 34.7 Å². The molecule has 0 spiro atoms. The molecule has 0 bridgehead atoms. The third-order valence-corrected chi connectivity index (χ3v) is 3.87. The normalized spacial score (nSPS) is 20.0. The van der Waals surface area contributed by atoms with Crippen molar-refractivity contribution >= 4 is 17.6 Å². The van der Waals surface area contributed by atoms with E-state index in [0.29, 0.717) is 17.8 Å². The molecule has 136 valence electrons. The first-order valence-electron chi connectivity index (χ1n) is 8.28. The molecule has 0 unspecified atom stereocenters. The van der Waals surface area contributed by atoms with E-state index < -0.39 is 11.7 Å². The van der Waals surface area contributed by atoms with Crippen LogP contribution in [-0.2, 0) is 14.3 Å². The first-order chi connectivity index (χ1) is 11.7. The number of allylic oxidation sites excluding steroid dienone is 1. The van der Waals surface area contributed by atoms with Gasteiger partial charge in [0.05, 0.1) is 31.0 Å². The van der Waals surface area contributed by atoms with Gasteiger partial charge >= 0.3 is 12.1 Å². The topological polar surface area (TPSA) is 90.4 Å². The van der Waals surface area contributed by atoms with Gasteiger partial charge in [0.1, 0.15) is 5.60 Å². The van der Waals surface area contributed by atoms with Gasteiger partial charge in [-0.15, -0.1) is 0 Å². The van der Waals surface area contributed by atoms with Gasteiger partial charge in [-0.3, -0.25) is 14.8 Å². The number of hydrogen-bond donors (Lipinski definition) is 1. The summed E-state index contributed by atoms with van der Waals surface area (Å²) in [6, 6.07) is -0.357. The summed E-state index contributed by atoms with van der Waals surface area (Å²) in [6.07, 6.45) is 5.41. The largest absolute Gasteiger partial charge is 0.469 e. The molecule has 0 saturated carbocycles. The molecule has 1 aromatic rings. The van der Waals surface area contributed by atoms with Gasteiger partial charge in [-0.05, 0) is 38.7 Å². The zero-order chi connectivity index (χ0) is 18.6. The first kappa shape index (κ1) is 18.9. The minimum absolute atomic E-state index is 0.0677. The molecule has 1 aliphatic rings. The van der Waals surface area contributed by atoms with Crippen LogP contribution in [0, 0.1) is 5.92 Å². The van der Waals surface area contributed by atoms with Crippen LogP contribution < -0.4 is 5.32 Å². The van der Waals surface area contributed by atoms with Gasteiger partial charge in [-0.25, -0.2) is 4.79 Å². The second-order valence-corrected chi connectivity index (χ2v) is 7.11. The second kappa shape index (κ2) is 7.63. The van der Waals surface area contributed by atoms with Crippen molar-refractivity contribution in [3.05, 3.63) is 29.9 Å². The maximum Gasteiger partial charge on any atom is 0.408 e. The van der Waals surface area contributed by atoms with Gasteiger partial charge in [0.2, 0.25) is 0 Å². The van der Waals surface area contributed by atoms with Crippen LogP contribution in [0.1, 0.15) is 58.0 Å². The summed E-state index contributed by atoms with van der Waals surface area (Å²) in [7, 11) is 1.35. The van der Waals surface area contributed by atoms with E-state index in [4.69, 9.17) is 9.47 Å². The number of ether oxygens (including phenoxy) is 2. The van der Waals surface area contributed by atoms with Gasteiger partial charge < -0.3 is 14.8 Å². The molecule has 1 amide bonds. The second-order valence-electron chi connectivity index (χ2n) is 7.11. The smallest absolute Gasteiger partial charge is 0.408 e.